The van der Waals surface area contributed by atoms with Crippen LogP contribution in [-0.2, 0) is 11.2 Å². The summed E-state index contributed by atoms with van der Waals surface area (Å²) in [5, 5.41) is 14.8. The summed E-state index contributed by atoms with van der Waals surface area (Å²) in [6, 6.07) is 3.88. The van der Waals surface area contributed by atoms with Gasteiger partial charge in [0.2, 0.25) is 0 Å². The van der Waals surface area contributed by atoms with Gasteiger partial charge in [-0.3, -0.25) is 0 Å². The largest absolute Gasteiger partial charge is 0.378 e. The number of nitrogens with zero attached hydrogens (tertiary/aromatic N) is 3. The van der Waals surface area contributed by atoms with E-state index in [1.165, 1.54) is 17.8 Å². The molecule has 3 heterocycles. The first-order chi connectivity index (χ1) is 9.36. The van der Waals surface area contributed by atoms with Gasteiger partial charge in [-0.15, -0.1) is 11.3 Å². The van der Waals surface area contributed by atoms with E-state index in [1.807, 2.05) is 5.38 Å². The van der Waals surface area contributed by atoms with Crippen molar-refractivity contribution in [3.05, 3.63) is 22.8 Å². The number of thiophene rings is 1. The van der Waals surface area contributed by atoms with Crippen molar-refractivity contribution in [3.63, 3.8) is 0 Å². The molecule has 1 fully saturated rings. The maximum Gasteiger partial charge on any atom is 0.269 e. The van der Waals surface area contributed by atoms with Gasteiger partial charge in [-0.1, -0.05) is 5.16 Å². The lowest BCUT2D eigenvalue weighted by Gasteiger charge is -2.20. The van der Waals surface area contributed by atoms with Gasteiger partial charge in [0.15, 0.2) is 5.82 Å². The smallest absolute Gasteiger partial charge is 0.269 e. The van der Waals surface area contributed by atoms with Gasteiger partial charge >= 0.3 is 0 Å². The lowest BCUT2D eigenvalue weighted by molar-refractivity contribution is 0.0153. The predicted octanol–water partition coefficient (Wildman–Crippen LogP) is 2.78. The maximum atomic E-state index is 8.98. The molecule has 1 atom stereocenters. The molecule has 0 radical (unpaired) electrons. The topological polar surface area (TPSA) is 71.9 Å². The average molecular weight is 275 g/mol. The molecule has 0 N–H and O–H groups in total. The summed E-state index contributed by atoms with van der Waals surface area (Å²) in [5.41, 5.74) is 0.578. The Labute approximate surface area is 114 Å². The number of rotatable bonds is 3. The molecule has 0 saturated carbocycles. The van der Waals surface area contributed by atoms with Crippen LogP contribution in [-0.4, -0.2) is 22.9 Å². The summed E-state index contributed by atoms with van der Waals surface area (Å²) in [6.07, 6.45) is 4.24. The summed E-state index contributed by atoms with van der Waals surface area (Å²) in [7, 11) is 0. The van der Waals surface area contributed by atoms with E-state index in [2.05, 4.69) is 16.2 Å². The fourth-order valence-electron chi connectivity index (χ4n) is 2.16. The van der Waals surface area contributed by atoms with Crippen molar-refractivity contribution in [2.24, 2.45) is 0 Å². The van der Waals surface area contributed by atoms with Gasteiger partial charge in [-0.2, -0.15) is 10.2 Å². The zero-order chi connectivity index (χ0) is 13.1. The van der Waals surface area contributed by atoms with E-state index in [9.17, 15) is 0 Å². The second kappa shape index (κ2) is 5.51. The molecular weight excluding hydrogens is 262 g/mol. The third-order valence-electron chi connectivity index (χ3n) is 3.13. The van der Waals surface area contributed by atoms with E-state index >= 15 is 0 Å². The highest BCUT2D eigenvalue weighted by Gasteiger charge is 2.19. The van der Waals surface area contributed by atoms with E-state index in [4.69, 9.17) is 14.5 Å². The number of hydrogen-bond donors (Lipinski definition) is 0. The molecule has 3 rings (SSSR count). The van der Waals surface area contributed by atoms with Gasteiger partial charge in [0, 0.05) is 13.0 Å². The fraction of sp³-hybridized carbons (Fsp3) is 0.462. The van der Waals surface area contributed by atoms with Crippen LogP contribution in [0.2, 0.25) is 0 Å². The van der Waals surface area contributed by atoms with Gasteiger partial charge in [-0.25, -0.2) is 0 Å². The Morgan fingerprint density at radius 3 is 3.21 bits per heavy atom. The first-order valence-corrected chi connectivity index (χ1v) is 7.17. The first-order valence-electron chi connectivity index (χ1n) is 6.29. The molecule has 5 nitrogen and oxygen atoms in total. The van der Waals surface area contributed by atoms with Crippen LogP contribution in [0.1, 0.15) is 30.7 Å². The van der Waals surface area contributed by atoms with Crippen LogP contribution in [0.15, 0.2) is 16.0 Å². The molecule has 0 amide bonds. The molecule has 0 aromatic carbocycles. The van der Waals surface area contributed by atoms with Crippen LogP contribution in [0.4, 0.5) is 0 Å². The zero-order valence-electron chi connectivity index (χ0n) is 10.3. The number of ether oxygens (including phenoxy) is 1. The van der Waals surface area contributed by atoms with Crippen molar-refractivity contribution in [2.75, 3.05) is 6.61 Å². The minimum absolute atomic E-state index is 0.193. The van der Waals surface area contributed by atoms with Crippen LogP contribution in [0.3, 0.4) is 0 Å². The molecule has 98 valence electrons. The van der Waals surface area contributed by atoms with Crippen LogP contribution in [0.5, 0.6) is 0 Å². The average Bonchev–Trinajstić information content (AvgIpc) is 3.07. The molecule has 2 aromatic heterocycles. The summed E-state index contributed by atoms with van der Waals surface area (Å²) >= 11 is 1.44. The monoisotopic (exact) mass is 275 g/mol. The normalized spacial score (nSPS) is 19.2. The summed E-state index contributed by atoms with van der Waals surface area (Å²) < 4.78 is 10.9. The molecule has 2 aromatic rings. The Kier molecular flexibility index (Phi) is 3.58. The molecule has 1 unspecified atom stereocenters. The molecule has 1 aliphatic rings. The van der Waals surface area contributed by atoms with E-state index in [1.54, 1.807) is 6.07 Å². The standard InChI is InChI=1S/C13H13N3O2S/c14-8-9-4-6-19-12(9)13-15-11(16-18-13)7-10-3-1-2-5-17-10/h4,6,10H,1-3,5,7H2. The molecule has 6 heteroatoms. The highest BCUT2D eigenvalue weighted by atomic mass is 32.1. The molecule has 1 aliphatic heterocycles. The summed E-state index contributed by atoms with van der Waals surface area (Å²) in [5.74, 6) is 1.08. The van der Waals surface area contributed by atoms with Crippen LogP contribution in [0, 0.1) is 11.3 Å². The van der Waals surface area contributed by atoms with Gasteiger partial charge in [0.1, 0.15) is 10.9 Å². The Morgan fingerprint density at radius 2 is 2.42 bits per heavy atom. The van der Waals surface area contributed by atoms with E-state index in [0.717, 1.165) is 24.3 Å². The van der Waals surface area contributed by atoms with Crippen molar-refractivity contribution in [1.29, 1.82) is 5.26 Å². The first kappa shape index (κ1) is 12.3. The maximum absolute atomic E-state index is 8.98. The number of aromatic nitrogens is 2. The third-order valence-corrected chi connectivity index (χ3v) is 4.03. The Bertz CT molecular complexity index is 593. The second-order valence-electron chi connectivity index (χ2n) is 4.48. The Balaban J connectivity index is 1.74. The van der Waals surface area contributed by atoms with Gasteiger partial charge in [0.25, 0.3) is 5.89 Å². The molecule has 19 heavy (non-hydrogen) atoms. The molecule has 0 aliphatic carbocycles. The highest BCUT2D eigenvalue weighted by molar-refractivity contribution is 7.13. The van der Waals surface area contributed by atoms with E-state index in [-0.39, 0.29) is 6.10 Å². The van der Waals surface area contributed by atoms with E-state index < -0.39 is 0 Å². The summed E-state index contributed by atoms with van der Waals surface area (Å²) in [4.78, 5) is 5.10. The summed E-state index contributed by atoms with van der Waals surface area (Å²) in [6.45, 7) is 0.818. The van der Waals surface area contributed by atoms with Crippen LogP contribution >= 0.6 is 11.3 Å². The SMILES string of the molecule is N#Cc1ccsc1-c1nc(CC2CCCCO2)no1. The van der Waals surface area contributed by atoms with Crippen molar-refractivity contribution in [3.8, 4) is 16.8 Å². The van der Waals surface area contributed by atoms with Gasteiger partial charge in [-0.05, 0) is 30.7 Å². The third kappa shape index (κ3) is 2.67. The zero-order valence-corrected chi connectivity index (χ0v) is 11.2. The van der Waals surface area contributed by atoms with E-state index in [0.29, 0.717) is 23.7 Å². The van der Waals surface area contributed by atoms with Crippen molar-refractivity contribution >= 4 is 11.3 Å². The van der Waals surface area contributed by atoms with Gasteiger partial charge < -0.3 is 9.26 Å². The van der Waals surface area contributed by atoms with Crippen LogP contribution in [0.25, 0.3) is 10.8 Å². The Morgan fingerprint density at radius 1 is 1.47 bits per heavy atom. The second-order valence-corrected chi connectivity index (χ2v) is 5.40. The lowest BCUT2D eigenvalue weighted by Crippen LogP contribution is -2.21. The van der Waals surface area contributed by atoms with Crippen molar-refractivity contribution < 1.29 is 9.26 Å². The minimum atomic E-state index is 0.193. The molecule has 1 saturated heterocycles. The minimum Gasteiger partial charge on any atom is -0.378 e. The molecule has 0 spiro atoms. The van der Waals surface area contributed by atoms with Crippen molar-refractivity contribution in [1.82, 2.24) is 10.1 Å². The molecular formula is C13H13N3O2S. The number of hydrogen-bond acceptors (Lipinski definition) is 6. The number of nitriles is 1. The predicted molar refractivity (Wildman–Crippen MR) is 69.6 cm³/mol. The van der Waals surface area contributed by atoms with Crippen LogP contribution < -0.4 is 0 Å². The highest BCUT2D eigenvalue weighted by Crippen LogP contribution is 2.28. The fourth-order valence-corrected chi connectivity index (χ4v) is 2.93. The Hall–Kier alpha value is -1.71. The van der Waals surface area contributed by atoms with Gasteiger partial charge in [0.05, 0.1) is 11.7 Å². The molecule has 0 bridgehead atoms. The van der Waals surface area contributed by atoms with Crippen molar-refractivity contribution in [2.45, 2.75) is 31.8 Å². The lowest BCUT2D eigenvalue weighted by atomic mass is 10.1. The quantitative estimate of drug-likeness (QED) is 0.861.